The van der Waals surface area contributed by atoms with Crippen LogP contribution in [0, 0.1) is 0 Å². The molecular formula is C22H17Cl2NO2. The second-order valence-electron chi connectivity index (χ2n) is 6.16. The van der Waals surface area contributed by atoms with Gasteiger partial charge in [-0.05, 0) is 36.8 Å². The number of anilines is 1. The first-order valence-corrected chi connectivity index (χ1v) is 9.17. The van der Waals surface area contributed by atoms with Crippen molar-refractivity contribution in [3.05, 3.63) is 99.5 Å². The molecule has 0 unspecified atom stereocenters. The van der Waals surface area contributed by atoms with Crippen molar-refractivity contribution in [1.82, 2.24) is 0 Å². The Hall–Kier alpha value is -2.62. The molecule has 136 valence electrons. The van der Waals surface area contributed by atoms with Gasteiger partial charge in [-0.15, -0.1) is 0 Å². The quantitative estimate of drug-likeness (QED) is 0.539. The molecule has 0 aromatic heterocycles. The fraction of sp³-hybridized carbons (Fsp3) is 0.0909. The van der Waals surface area contributed by atoms with Gasteiger partial charge in [0.1, 0.15) is 0 Å². The van der Waals surface area contributed by atoms with Crippen LogP contribution in [0.2, 0.25) is 10.0 Å². The summed E-state index contributed by atoms with van der Waals surface area (Å²) in [5.74, 6) is -0.782. The lowest BCUT2D eigenvalue weighted by molar-refractivity contribution is -0.117. The van der Waals surface area contributed by atoms with Gasteiger partial charge >= 0.3 is 0 Å². The number of rotatable bonds is 5. The first-order valence-electron chi connectivity index (χ1n) is 8.41. The summed E-state index contributed by atoms with van der Waals surface area (Å²) in [5.41, 5.74) is 2.35. The van der Waals surface area contributed by atoms with Crippen molar-refractivity contribution < 1.29 is 9.59 Å². The number of hydrogen-bond donors (Lipinski definition) is 1. The summed E-state index contributed by atoms with van der Waals surface area (Å²) in [6.45, 7) is 1.78. The van der Waals surface area contributed by atoms with Crippen molar-refractivity contribution in [3.8, 4) is 0 Å². The highest BCUT2D eigenvalue weighted by atomic mass is 35.5. The molecule has 0 fully saturated rings. The second-order valence-corrected chi connectivity index (χ2v) is 7.00. The van der Waals surface area contributed by atoms with Crippen molar-refractivity contribution >= 4 is 40.6 Å². The smallest absolute Gasteiger partial charge is 0.231 e. The molecule has 0 spiro atoms. The maximum absolute atomic E-state index is 12.6. The summed E-state index contributed by atoms with van der Waals surface area (Å²) in [5, 5.41) is 3.68. The van der Waals surface area contributed by atoms with E-state index in [1.807, 2.05) is 24.3 Å². The highest BCUT2D eigenvalue weighted by Crippen LogP contribution is 2.27. The molecule has 5 heteroatoms. The van der Waals surface area contributed by atoms with Crippen LogP contribution in [-0.2, 0) is 4.79 Å². The van der Waals surface area contributed by atoms with Crippen LogP contribution in [0.1, 0.15) is 34.3 Å². The van der Waals surface area contributed by atoms with Gasteiger partial charge in [-0.25, -0.2) is 0 Å². The van der Waals surface area contributed by atoms with E-state index in [4.69, 9.17) is 23.2 Å². The molecule has 27 heavy (non-hydrogen) atoms. The van der Waals surface area contributed by atoms with Gasteiger partial charge in [0, 0.05) is 16.1 Å². The Morgan fingerprint density at radius 3 is 2.30 bits per heavy atom. The first kappa shape index (κ1) is 19.2. The number of amides is 1. The van der Waals surface area contributed by atoms with Crippen LogP contribution in [0.5, 0.6) is 0 Å². The standard InChI is InChI=1S/C22H17Cl2NO2/c1-14(22(27)25-20-13-18(23)10-11-19(20)24)16-8-5-9-17(12-16)21(26)15-6-3-2-4-7-15/h2-14H,1H3,(H,25,27)/t14-/m0/s1. The van der Waals surface area contributed by atoms with Crippen molar-refractivity contribution in [2.24, 2.45) is 0 Å². The summed E-state index contributed by atoms with van der Waals surface area (Å²) in [4.78, 5) is 25.3. The summed E-state index contributed by atoms with van der Waals surface area (Å²) in [6, 6.07) is 21.0. The maximum Gasteiger partial charge on any atom is 0.231 e. The highest BCUT2D eigenvalue weighted by Gasteiger charge is 2.18. The fourth-order valence-corrected chi connectivity index (χ4v) is 3.03. The Morgan fingerprint density at radius 1 is 0.852 bits per heavy atom. The van der Waals surface area contributed by atoms with Crippen LogP contribution in [0.3, 0.4) is 0 Å². The minimum atomic E-state index is -0.469. The lowest BCUT2D eigenvalue weighted by Gasteiger charge is -2.14. The molecule has 0 aliphatic rings. The van der Waals surface area contributed by atoms with Gasteiger partial charge < -0.3 is 5.32 Å². The van der Waals surface area contributed by atoms with E-state index in [1.165, 1.54) is 0 Å². The van der Waals surface area contributed by atoms with Gasteiger partial charge in [0.05, 0.1) is 16.6 Å². The van der Waals surface area contributed by atoms with Gasteiger partial charge in [-0.2, -0.15) is 0 Å². The average molecular weight is 398 g/mol. The van der Waals surface area contributed by atoms with Gasteiger partial charge in [-0.1, -0.05) is 71.7 Å². The fourth-order valence-electron chi connectivity index (χ4n) is 2.69. The zero-order chi connectivity index (χ0) is 19.4. The molecule has 1 amide bonds. The lowest BCUT2D eigenvalue weighted by Crippen LogP contribution is -2.19. The number of hydrogen-bond acceptors (Lipinski definition) is 2. The van der Waals surface area contributed by atoms with Crippen molar-refractivity contribution in [2.45, 2.75) is 12.8 Å². The molecule has 0 saturated carbocycles. The summed E-state index contributed by atoms with van der Waals surface area (Å²) >= 11 is 12.1. The zero-order valence-electron chi connectivity index (χ0n) is 14.6. The van der Waals surface area contributed by atoms with E-state index in [-0.39, 0.29) is 11.7 Å². The van der Waals surface area contributed by atoms with Crippen LogP contribution >= 0.6 is 23.2 Å². The van der Waals surface area contributed by atoms with Crippen molar-refractivity contribution in [3.63, 3.8) is 0 Å². The monoisotopic (exact) mass is 397 g/mol. The molecule has 3 aromatic rings. The maximum atomic E-state index is 12.6. The zero-order valence-corrected chi connectivity index (χ0v) is 16.1. The molecule has 0 radical (unpaired) electrons. The van der Waals surface area contributed by atoms with E-state index < -0.39 is 5.92 Å². The first-order chi connectivity index (χ1) is 13.0. The van der Waals surface area contributed by atoms with Crippen LogP contribution in [-0.4, -0.2) is 11.7 Å². The Labute approximate surface area is 167 Å². The summed E-state index contributed by atoms with van der Waals surface area (Å²) in [7, 11) is 0. The molecule has 3 aromatic carbocycles. The molecule has 3 nitrogen and oxygen atoms in total. The lowest BCUT2D eigenvalue weighted by atomic mass is 9.95. The van der Waals surface area contributed by atoms with E-state index in [9.17, 15) is 9.59 Å². The van der Waals surface area contributed by atoms with E-state index in [0.717, 1.165) is 5.56 Å². The van der Waals surface area contributed by atoms with Gasteiger partial charge in [0.2, 0.25) is 5.91 Å². The Bertz CT molecular complexity index is 987. The van der Waals surface area contributed by atoms with Crippen LogP contribution in [0.4, 0.5) is 5.69 Å². The summed E-state index contributed by atoms with van der Waals surface area (Å²) in [6.07, 6.45) is 0. The number of ketones is 1. The van der Waals surface area contributed by atoms with E-state index >= 15 is 0 Å². The second kappa shape index (κ2) is 8.38. The van der Waals surface area contributed by atoms with Gasteiger partial charge in [0.15, 0.2) is 5.78 Å². The van der Waals surface area contributed by atoms with Crippen molar-refractivity contribution in [1.29, 1.82) is 0 Å². The third kappa shape index (κ3) is 4.57. The number of benzene rings is 3. The number of carbonyl (C=O) groups is 2. The Morgan fingerprint density at radius 2 is 1.56 bits per heavy atom. The molecule has 0 bridgehead atoms. The minimum Gasteiger partial charge on any atom is -0.324 e. The third-order valence-electron chi connectivity index (χ3n) is 4.26. The SMILES string of the molecule is C[C@H](C(=O)Nc1cc(Cl)ccc1Cl)c1cccc(C(=O)c2ccccc2)c1. The highest BCUT2D eigenvalue weighted by molar-refractivity contribution is 6.35. The van der Waals surface area contributed by atoms with Crippen molar-refractivity contribution in [2.75, 3.05) is 5.32 Å². The molecule has 1 N–H and O–H groups in total. The average Bonchev–Trinajstić information content (AvgIpc) is 2.70. The minimum absolute atomic E-state index is 0.0806. The number of carbonyl (C=O) groups excluding carboxylic acids is 2. The molecule has 0 aliphatic carbocycles. The molecule has 0 saturated heterocycles. The molecule has 3 rings (SSSR count). The predicted molar refractivity (Wildman–Crippen MR) is 110 cm³/mol. The topological polar surface area (TPSA) is 46.2 Å². The van der Waals surface area contributed by atoms with Gasteiger partial charge in [0.25, 0.3) is 0 Å². The molecule has 0 heterocycles. The third-order valence-corrected chi connectivity index (χ3v) is 4.83. The number of halogens is 2. The predicted octanol–water partition coefficient (Wildman–Crippen LogP) is 5.97. The van der Waals surface area contributed by atoms with Gasteiger partial charge in [-0.3, -0.25) is 9.59 Å². The normalized spacial score (nSPS) is 11.7. The van der Waals surface area contributed by atoms with E-state index in [1.54, 1.807) is 55.5 Å². The van der Waals surface area contributed by atoms with Crippen LogP contribution < -0.4 is 5.32 Å². The molecular weight excluding hydrogens is 381 g/mol. The summed E-state index contributed by atoms with van der Waals surface area (Å²) < 4.78 is 0. The van der Waals surface area contributed by atoms with E-state index in [2.05, 4.69) is 5.32 Å². The Kier molecular flexibility index (Phi) is 5.94. The van der Waals surface area contributed by atoms with Crippen LogP contribution in [0.15, 0.2) is 72.8 Å². The Balaban J connectivity index is 1.80. The molecule has 1 atom stereocenters. The van der Waals surface area contributed by atoms with Crippen LogP contribution in [0.25, 0.3) is 0 Å². The number of nitrogens with one attached hydrogen (secondary N) is 1. The van der Waals surface area contributed by atoms with E-state index in [0.29, 0.717) is 26.9 Å². The molecule has 0 aliphatic heterocycles. The largest absolute Gasteiger partial charge is 0.324 e.